The van der Waals surface area contributed by atoms with E-state index in [4.69, 9.17) is 21.6 Å². The van der Waals surface area contributed by atoms with Crippen molar-refractivity contribution in [3.63, 3.8) is 0 Å². The van der Waals surface area contributed by atoms with Gasteiger partial charge in [0.15, 0.2) is 11.5 Å². The lowest BCUT2D eigenvalue weighted by Crippen LogP contribution is -2.43. The van der Waals surface area contributed by atoms with E-state index < -0.39 is 29.6 Å². The highest BCUT2D eigenvalue weighted by Crippen LogP contribution is 2.34. The van der Waals surface area contributed by atoms with Crippen LogP contribution in [0.1, 0.15) is 78.3 Å². The first-order chi connectivity index (χ1) is 18.5. The molecule has 4 rings (SSSR count). The van der Waals surface area contributed by atoms with Gasteiger partial charge in [0.25, 0.3) is 11.8 Å². The van der Waals surface area contributed by atoms with Crippen LogP contribution in [-0.2, 0) is 4.74 Å². The molecule has 1 saturated heterocycles. The molecule has 5 N–H and O–H groups in total. The molecule has 0 aliphatic carbocycles. The van der Waals surface area contributed by atoms with E-state index in [0.29, 0.717) is 35.5 Å². The van der Waals surface area contributed by atoms with Crippen molar-refractivity contribution >= 4 is 23.7 Å². The fourth-order valence-corrected chi connectivity index (χ4v) is 4.40. The number of benzene rings is 1. The van der Waals surface area contributed by atoms with Gasteiger partial charge < -0.3 is 21.6 Å². The van der Waals surface area contributed by atoms with E-state index >= 15 is 0 Å². The number of nitrogen functional groups attached to an aromatic ring is 1. The topological polar surface area (TPSA) is 182 Å². The van der Waals surface area contributed by atoms with Gasteiger partial charge in [-0.2, -0.15) is 5.26 Å². The van der Waals surface area contributed by atoms with Crippen LogP contribution in [0.3, 0.4) is 0 Å². The Bertz CT molecular complexity index is 1450. The van der Waals surface area contributed by atoms with Gasteiger partial charge in [0, 0.05) is 23.9 Å². The molecule has 3 aromatic rings. The summed E-state index contributed by atoms with van der Waals surface area (Å²) < 4.78 is 6.73. The van der Waals surface area contributed by atoms with Gasteiger partial charge in [-0.25, -0.2) is 19.4 Å². The molecule has 3 heterocycles. The van der Waals surface area contributed by atoms with Gasteiger partial charge in [-0.15, -0.1) is 0 Å². The number of nitrogens with two attached hydrogens (primary N) is 2. The monoisotopic (exact) mass is 530 g/mol. The lowest BCUT2D eigenvalue weighted by atomic mass is 10.0. The fourth-order valence-electron chi connectivity index (χ4n) is 4.40. The zero-order valence-electron chi connectivity index (χ0n) is 22.0. The predicted octanol–water partition coefficient (Wildman–Crippen LogP) is 3.34. The second-order valence-electron chi connectivity index (χ2n) is 10.2. The smallest absolute Gasteiger partial charge is 0.410 e. The molecule has 0 bridgehead atoms. The number of pyridine rings is 1. The molecule has 1 aliphatic rings. The minimum atomic E-state index is -0.781. The summed E-state index contributed by atoms with van der Waals surface area (Å²) in [4.78, 5) is 48.4. The third-order valence-electron chi connectivity index (χ3n) is 6.15. The summed E-state index contributed by atoms with van der Waals surface area (Å²) in [6.45, 7) is 5.84. The Labute approximate surface area is 225 Å². The van der Waals surface area contributed by atoms with Crippen LogP contribution < -0.4 is 16.9 Å². The molecule has 0 spiro atoms. The highest BCUT2D eigenvalue weighted by atomic mass is 16.6. The van der Waals surface area contributed by atoms with E-state index in [-0.39, 0.29) is 17.2 Å². The maximum atomic E-state index is 12.9. The third-order valence-corrected chi connectivity index (χ3v) is 6.15. The maximum Gasteiger partial charge on any atom is 0.410 e. The lowest BCUT2D eigenvalue weighted by Gasteiger charge is -2.36. The van der Waals surface area contributed by atoms with E-state index in [0.717, 1.165) is 17.5 Å². The quantitative estimate of drug-likeness (QED) is 0.420. The van der Waals surface area contributed by atoms with Gasteiger partial charge in [0.05, 0.1) is 17.7 Å². The zero-order valence-corrected chi connectivity index (χ0v) is 22.0. The van der Waals surface area contributed by atoms with Crippen LogP contribution >= 0.6 is 0 Å². The number of piperidine rings is 1. The number of hydrogen-bond donors (Lipinski definition) is 3. The summed E-state index contributed by atoms with van der Waals surface area (Å²) in [7, 11) is 0. The van der Waals surface area contributed by atoms with Gasteiger partial charge in [-0.3, -0.25) is 14.5 Å². The van der Waals surface area contributed by atoms with Crippen molar-refractivity contribution in [2.45, 2.75) is 51.7 Å². The molecule has 0 saturated carbocycles. The third kappa shape index (κ3) is 5.98. The van der Waals surface area contributed by atoms with Crippen LogP contribution in [0.2, 0.25) is 0 Å². The van der Waals surface area contributed by atoms with Crippen LogP contribution in [0.5, 0.6) is 0 Å². The molecule has 39 heavy (non-hydrogen) atoms. The highest BCUT2D eigenvalue weighted by Gasteiger charge is 2.36. The normalized spacial score (nSPS) is 15.3. The molecule has 202 valence electrons. The molecule has 1 fully saturated rings. The van der Waals surface area contributed by atoms with Crippen LogP contribution in [0.15, 0.2) is 42.6 Å². The van der Waals surface area contributed by atoms with Gasteiger partial charge in [-0.05, 0) is 64.3 Å². The number of imidazole rings is 1. The summed E-state index contributed by atoms with van der Waals surface area (Å²) >= 11 is 0. The first kappa shape index (κ1) is 27.1. The minimum Gasteiger partial charge on any atom is -0.444 e. The van der Waals surface area contributed by atoms with E-state index in [1.165, 1.54) is 18.3 Å². The van der Waals surface area contributed by atoms with E-state index in [1.807, 2.05) is 6.07 Å². The molecular formula is C27H30N8O4. The number of nitriles is 1. The van der Waals surface area contributed by atoms with E-state index in [1.54, 1.807) is 49.9 Å². The van der Waals surface area contributed by atoms with E-state index in [9.17, 15) is 14.4 Å². The van der Waals surface area contributed by atoms with Crippen molar-refractivity contribution in [2.75, 3.05) is 17.7 Å². The molecule has 1 atom stereocenters. The molecule has 0 unspecified atom stereocenters. The molecule has 12 heteroatoms. The molecule has 1 aromatic carbocycles. The number of carbonyl (C=O) groups is 3. The Balaban J connectivity index is 1.63. The maximum absolute atomic E-state index is 12.9. The van der Waals surface area contributed by atoms with Crippen LogP contribution in [-0.4, -0.2) is 49.6 Å². The zero-order chi connectivity index (χ0) is 28.3. The standard InChI is InChI=1S/C27H30N8O4/c1-27(2,3)39-26(38)34-13-5-4-6-19(34)24-33-21(22(23(29)36)35(24)30)17-7-9-18(10-8-17)25(37)32-20-14-16(15-28)11-12-31-20/h7-12,14,19H,4-6,13,30H2,1-3H3,(H2,29,36)(H,31,32,37)/t19-/m0/s1. The molecular weight excluding hydrogens is 500 g/mol. The Morgan fingerprint density at radius 3 is 2.51 bits per heavy atom. The number of nitrogens with zero attached hydrogens (tertiary/aromatic N) is 5. The second kappa shape index (κ2) is 10.8. The van der Waals surface area contributed by atoms with Gasteiger partial charge in [0.1, 0.15) is 17.1 Å². The number of amides is 3. The number of aromatic nitrogens is 3. The lowest BCUT2D eigenvalue weighted by molar-refractivity contribution is 0.00821. The number of rotatable bonds is 5. The van der Waals surface area contributed by atoms with Crippen molar-refractivity contribution in [3.05, 3.63) is 65.2 Å². The summed E-state index contributed by atoms with van der Waals surface area (Å²) in [5.41, 5.74) is 6.42. The van der Waals surface area contributed by atoms with Gasteiger partial charge >= 0.3 is 6.09 Å². The minimum absolute atomic E-state index is 0.0190. The van der Waals surface area contributed by atoms with Crippen LogP contribution in [0.25, 0.3) is 11.3 Å². The number of nitrogens with one attached hydrogen (secondary N) is 1. The number of ether oxygens (including phenoxy) is 1. The molecule has 2 aromatic heterocycles. The molecule has 12 nitrogen and oxygen atoms in total. The Kier molecular flexibility index (Phi) is 7.53. The SMILES string of the molecule is CC(C)(C)OC(=O)N1CCCC[C@H]1c1nc(-c2ccc(C(=O)Nc3cc(C#N)ccn3)cc2)c(C(N)=O)n1N. The van der Waals surface area contributed by atoms with Gasteiger partial charge in [0.2, 0.25) is 0 Å². The molecule has 3 amide bonds. The van der Waals surface area contributed by atoms with Crippen LogP contribution in [0.4, 0.5) is 10.6 Å². The summed E-state index contributed by atoms with van der Waals surface area (Å²) in [6, 6.07) is 10.9. The second-order valence-corrected chi connectivity index (χ2v) is 10.2. The first-order valence-corrected chi connectivity index (χ1v) is 12.4. The van der Waals surface area contributed by atoms with E-state index in [2.05, 4.69) is 15.3 Å². The number of likely N-dealkylation sites (tertiary alicyclic amines) is 1. The summed E-state index contributed by atoms with van der Waals surface area (Å²) in [5.74, 6) is 5.68. The Hall–Kier alpha value is -4.92. The number of primary amides is 1. The number of anilines is 1. The largest absolute Gasteiger partial charge is 0.444 e. The first-order valence-electron chi connectivity index (χ1n) is 12.4. The number of carbonyl (C=O) groups excluding carboxylic acids is 3. The average Bonchev–Trinajstić information content (AvgIpc) is 3.25. The average molecular weight is 531 g/mol. The van der Waals surface area contributed by atoms with Crippen molar-refractivity contribution in [1.29, 1.82) is 5.26 Å². The summed E-state index contributed by atoms with van der Waals surface area (Å²) in [6.07, 6.45) is 3.18. The van der Waals surface area contributed by atoms with Crippen molar-refractivity contribution < 1.29 is 19.1 Å². The fraction of sp³-hybridized carbons (Fsp3) is 0.333. The van der Waals surface area contributed by atoms with Crippen molar-refractivity contribution in [1.82, 2.24) is 19.5 Å². The summed E-state index contributed by atoms with van der Waals surface area (Å²) in [5, 5.41) is 11.7. The molecule has 0 radical (unpaired) electrons. The Morgan fingerprint density at radius 1 is 1.15 bits per heavy atom. The highest BCUT2D eigenvalue weighted by molar-refractivity contribution is 6.04. The van der Waals surface area contributed by atoms with Gasteiger partial charge in [-0.1, -0.05) is 12.1 Å². The Morgan fingerprint density at radius 2 is 1.87 bits per heavy atom. The number of hydrogen-bond acceptors (Lipinski definition) is 8. The van der Waals surface area contributed by atoms with Crippen LogP contribution in [0, 0.1) is 11.3 Å². The molecule has 1 aliphatic heterocycles. The van der Waals surface area contributed by atoms with Crippen molar-refractivity contribution in [3.8, 4) is 17.3 Å². The van der Waals surface area contributed by atoms with Crippen molar-refractivity contribution in [2.24, 2.45) is 5.73 Å². The predicted molar refractivity (Wildman–Crippen MR) is 143 cm³/mol.